The smallest absolute Gasteiger partial charge is 0.250 e. The lowest BCUT2D eigenvalue weighted by atomic mass is 9.69. The zero-order chi connectivity index (χ0) is 21.9. The van der Waals surface area contributed by atoms with Crippen molar-refractivity contribution in [3.05, 3.63) is 101 Å². The minimum absolute atomic E-state index is 0.0464. The number of aryl methyl sites for hydroxylation is 1. The van der Waals surface area contributed by atoms with Crippen LogP contribution in [0, 0.1) is 12.8 Å². The first-order chi connectivity index (χ1) is 15.6. The number of ketones is 1. The molecule has 3 aromatic carbocycles. The van der Waals surface area contributed by atoms with Gasteiger partial charge in [0.1, 0.15) is 5.54 Å². The second kappa shape index (κ2) is 7.32. The van der Waals surface area contributed by atoms with E-state index in [2.05, 4.69) is 22.3 Å². The van der Waals surface area contributed by atoms with E-state index in [9.17, 15) is 9.59 Å². The van der Waals surface area contributed by atoms with Crippen molar-refractivity contribution in [1.82, 2.24) is 4.90 Å². The number of hydrogen-bond donors (Lipinski definition) is 1. The fourth-order valence-corrected chi connectivity index (χ4v) is 7.30. The molecule has 6 rings (SSSR count). The fraction of sp³-hybridized carbons (Fsp3) is 0.259. The first kappa shape index (κ1) is 19.8. The number of nitrogens with one attached hydrogen (secondary N) is 1. The number of carbonyl (C=O) groups is 2. The average molecular weight is 441 g/mol. The molecule has 0 aliphatic carbocycles. The summed E-state index contributed by atoms with van der Waals surface area (Å²) in [7, 11) is 0. The average Bonchev–Trinajstić information content (AvgIpc) is 3.48. The lowest BCUT2D eigenvalue weighted by Gasteiger charge is -2.36. The van der Waals surface area contributed by atoms with Crippen LogP contribution in [0.15, 0.2) is 78.9 Å². The van der Waals surface area contributed by atoms with E-state index in [1.54, 1.807) is 0 Å². The number of para-hydroxylation sites is 1. The highest BCUT2D eigenvalue weighted by Gasteiger charge is 2.69. The molecule has 0 radical (unpaired) electrons. The quantitative estimate of drug-likeness (QED) is 0.594. The Bertz CT molecular complexity index is 1210. The van der Waals surface area contributed by atoms with Gasteiger partial charge in [0.2, 0.25) is 5.91 Å². The molecule has 0 aromatic heterocycles. The molecule has 1 spiro atoms. The van der Waals surface area contributed by atoms with E-state index < -0.39 is 11.5 Å². The van der Waals surface area contributed by atoms with Crippen LogP contribution in [-0.4, -0.2) is 34.3 Å². The number of rotatable bonds is 3. The van der Waals surface area contributed by atoms with Crippen LogP contribution >= 0.6 is 11.8 Å². The minimum Gasteiger partial charge on any atom is -0.324 e. The Kier molecular flexibility index (Phi) is 4.52. The highest BCUT2D eigenvalue weighted by atomic mass is 32.2. The minimum atomic E-state index is -0.993. The number of anilines is 1. The molecule has 160 valence electrons. The van der Waals surface area contributed by atoms with E-state index in [0.29, 0.717) is 5.56 Å². The second-order valence-electron chi connectivity index (χ2n) is 8.95. The molecule has 3 heterocycles. The SMILES string of the molecule is Cc1ccc(C(=O)[C@H]2[C@H](c3ccccc3)[C@@H]3CSCN3[C@@]23C(=O)Nc2ccccc23)cc1. The Morgan fingerprint density at radius 2 is 1.72 bits per heavy atom. The van der Waals surface area contributed by atoms with Crippen LogP contribution in [0.3, 0.4) is 0 Å². The van der Waals surface area contributed by atoms with Crippen molar-refractivity contribution in [1.29, 1.82) is 0 Å². The summed E-state index contributed by atoms with van der Waals surface area (Å²) in [6, 6.07) is 26.1. The van der Waals surface area contributed by atoms with Gasteiger partial charge in [-0.3, -0.25) is 14.5 Å². The number of fused-ring (bicyclic) bond motifs is 4. The van der Waals surface area contributed by atoms with Gasteiger partial charge in [-0.15, -0.1) is 11.8 Å². The Morgan fingerprint density at radius 1 is 1.00 bits per heavy atom. The summed E-state index contributed by atoms with van der Waals surface area (Å²) in [4.78, 5) is 30.4. The number of benzene rings is 3. The van der Waals surface area contributed by atoms with E-state index in [4.69, 9.17) is 0 Å². The van der Waals surface area contributed by atoms with Gasteiger partial charge in [-0.05, 0) is 18.6 Å². The number of thioether (sulfide) groups is 1. The molecule has 1 N–H and O–H groups in total. The monoisotopic (exact) mass is 440 g/mol. The Balaban J connectivity index is 1.61. The van der Waals surface area contributed by atoms with Crippen LogP contribution < -0.4 is 5.32 Å². The standard InChI is InChI=1S/C27H24N2O2S/c1-17-11-13-19(14-12-17)25(30)24-23(18-7-3-2-4-8-18)22-15-32-16-29(22)27(24)20-9-5-6-10-21(20)28-26(27)31/h2-14,22-24H,15-16H2,1H3,(H,28,31)/t22-,23+,24+,27+/m0/s1. The van der Waals surface area contributed by atoms with Crippen LogP contribution in [0.2, 0.25) is 0 Å². The Labute approximate surface area is 192 Å². The number of carbonyl (C=O) groups excluding carboxylic acids is 2. The maximum Gasteiger partial charge on any atom is 0.250 e. The van der Waals surface area contributed by atoms with Gasteiger partial charge in [-0.2, -0.15) is 0 Å². The van der Waals surface area contributed by atoms with E-state index >= 15 is 0 Å². The topological polar surface area (TPSA) is 49.4 Å². The van der Waals surface area contributed by atoms with Gasteiger partial charge in [0, 0.05) is 40.4 Å². The molecule has 5 heteroatoms. The molecular formula is C27H24N2O2S. The van der Waals surface area contributed by atoms with Gasteiger partial charge in [0.05, 0.1) is 5.92 Å². The molecule has 0 bridgehead atoms. The summed E-state index contributed by atoms with van der Waals surface area (Å²) in [5, 5.41) is 3.12. The van der Waals surface area contributed by atoms with E-state index in [0.717, 1.165) is 34.0 Å². The van der Waals surface area contributed by atoms with Crippen molar-refractivity contribution in [2.24, 2.45) is 5.92 Å². The van der Waals surface area contributed by atoms with Gasteiger partial charge >= 0.3 is 0 Å². The third-order valence-corrected chi connectivity index (χ3v) is 8.37. The van der Waals surface area contributed by atoms with Crippen LogP contribution in [0.5, 0.6) is 0 Å². The lowest BCUT2D eigenvalue weighted by molar-refractivity contribution is -0.127. The molecule has 32 heavy (non-hydrogen) atoms. The number of hydrogen-bond acceptors (Lipinski definition) is 4. The molecule has 4 atom stereocenters. The molecule has 2 saturated heterocycles. The number of Topliss-reactive ketones (excluding diaryl/α,β-unsaturated/α-hetero) is 1. The van der Waals surface area contributed by atoms with E-state index in [1.165, 1.54) is 0 Å². The van der Waals surface area contributed by atoms with Crippen molar-refractivity contribution < 1.29 is 9.59 Å². The number of nitrogens with zero attached hydrogens (tertiary/aromatic N) is 1. The molecule has 3 aliphatic rings. The second-order valence-corrected chi connectivity index (χ2v) is 9.95. The normalized spacial score (nSPS) is 28.5. The summed E-state index contributed by atoms with van der Waals surface area (Å²) >= 11 is 1.85. The Hall–Kier alpha value is -2.89. The molecule has 0 saturated carbocycles. The summed E-state index contributed by atoms with van der Waals surface area (Å²) in [6.45, 7) is 2.02. The highest BCUT2D eigenvalue weighted by Crippen LogP contribution is 2.61. The third kappa shape index (κ3) is 2.61. The maximum absolute atomic E-state index is 14.3. The van der Waals surface area contributed by atoms with Crippen molar-refractivity contribution in [3.63, 3.8) is 0 Å². The van der Waals surface area contributed by atoms with Crippen LogP contribution in [0.25, 0.3) is 0 Å². The molecule has 2 fully saturated rings. The van der Waals surface area contributed by atoms with Crippen LogP contribution in [0.1, 0.15) is 33.0 Å². The number of amides is 1. The van der Waals surface area contributed by atoms with Crippen LogP contribution in [-0.2, 0) is 10.3 Å². The molecule has 1 amide bonds. The fourth-order valence-electron chi connectivity index (χ4n) is 5.98. The molecule has 3 aliphatic heterocycles. The molecule has 3 aromatic rings. The van der Waals surface area contributed by atoms with Crippen molar-refractivity contribution >= 4 is 29.1 Å². The molecule has 4 nitrogen and oxygen atoms in total. The summed E-state index contributed by atoms with van der Waals surface area (Å²) < 4.78 is 0. The van der Waals surface area contributed by atoms with E-state index in [-0.39, 0.29) is 23.7 Å². The zero-order valence-corrected chi connectivity index (χ0v) is 18.6. The van der Waals surface area contributed by atoms with Crippen molar-refractivity contribution in [2.45, 2.75) is 24.4 Å². The molecule has 0 unspecified atom stereocenters. The summed E-state index contributed by atoms with van der Waals surface area (Å²) in [5.41, 5.74) is 3.68. The van der Waals surface area contributed by atoms with Crippen LogP contribution in [0.4, 0.5) is 5.69 Å². The van der Waals surface area contributed by atoms with Gasteiger partial charge in [0.25, 0.3) is 0 Å². The molecular weight excluding hydrogens is 416 g/mol. The predicted molar refractivity (Wildman–Crippen MR) is 128 cm³/mol. The first-order valence-corrected chi connectivity index (χ1v) is 12.2. The van der Waals surface area contributed by atoms with Gasteiger partial charge < -0.3 is 5.32 Å². The van der Waals surface area contributed by atoms with Gasteiger partial charge in [0.15, 0.2) is 5.78 Å². The van der Waals surface area contributed by atoms with Crippen molar-refractivity contribution in [2.75, 3.05) is 16.9 Å². The zero-order valence-electron chi connectivity index (χ0n) is 17.8. The largest absolute Gasteiger partial charge is 0.324 e. The van der Waals surface area contributed by atoms with Gasteiger partial charge in [-0.1, -0.05) is 78.4 Å². The first-order valence-electron chi connectivity index (χ1n) is 11.0. The van der Waals surface area contributed by atoms with Crippen molar-refractivity contribution in [3.8, 4) is 0 Å². The van der Waals surface area contributed by atoms with E-state index in [1.807, 2.05) is 85.4 Å². The third-order valence-electron chi connectivity index (χ3n) is 7.33. The highest BCUT2D eigenvalue weighted by molar-refractivity contribution is 7.99. The predicted octanol–water partition coefficient (Wildman–Crippen LogP) is 4.81. The lowest BCUT2D eigenvalue weighted by Crippen LogP contribution is -2.52. The summed E-state index contributed by atoms with van der Waals surface area (Å²) in [6.07, 6.45) is 0. The Morgan fingerprint density at radius 3 is 2.50 bits per heavy atom. The van der Waals surface area contributed by atoms with Gasteiger partial charge in [-0.25, -0.2) is 0 Å². The summed E-state index contributed by atoms with van der Waals surface area (Å²) in [5.74, 6) is 1.07. The maximum atomic E-state index is 14.3.